The van der Waals surface area contributed by atoms with Crippen LogP contribution in [0.15, 0.2) is 30.5 Å². The Kier molecular flexibility index (Phi) is 7.62. The lowest BCUT2D eigenvalue weighted by molar-refractivity contribution is -0.116. The van der Waals surface area contributed by atoms with E-state index in [4.69, 9.17) is 4.74 Å². The minimum absolute atomic E-state index is 0.0238. The van der Waals surface area contributed by atoms with Crippen LogP contribution < -0.4 is 15.4 Å². The molecule has 1 atom stereocenters. The molecule has 0 aliphatic heterocycles. The van der Waals surface area contributed by atoms with Gasteiger partial charge in [0.1, 0.15) is 18.5 Å². The van der Waals surface area contributed by atoms with Crippen LogP contribution in [-0.2, 0) is 4.79 Å². The van der Waals surface area contributed by atoms with Crippen LogP contribution in [0.25, 0.3) is 11.3 Å². The second kappa shape index (κ2) is 9.94. The number of rotatable bonds is 10. The number of nitrogens with zero attached hydrogens (tertiary/aromatic N) is 1. The minimum Gasteiger partial charge on any atom is -0.490 e. The number of aliphatic hydroxyl groups excluding tert-OH is 1. The third-order valence-corrected chi connectivity index (χ3v) is 3.71. The Bertz CT molecular complexity index is 686. The van der Waals surface area contributed by atoms with Crippen molar-refractivity contribution in [2.24, 2.45) is 0 Å². The van der Waals surface area contributed by atoms with E-state index >= 15 is 0 Å². The summed E-state index contributed by atoms with van der Waals surface area (Å²) in [6, 6.07) is 7.54. The highest BCUT2D eigenvalue weighted by atomic mass is 16.5. The van der Waals surface area contributed by atoms with Gasteiger partial charge in [0.25, 0.3) is 0 Å². The highest BCUT2D eigenvalue weighted by Gasteiger charge is 2.13. The summed E-state index contributed by atoms with van der Waals surface area (Å²) in [6.45, 7) is 6.63. The minimum atomic E-state index is -0.617. The largest absolute Gasteiger partial charge is 0.490 e. The van der Waals surface area contributed by atoms with Crippen molar-refractivity contribution in [3.8, 4) is 17.0 Å². The van der Waals surface area contributed by atoms with Gasteiger partial charge in [0.15, 0.2) is 0 Å². The topological polar surface area (TPSA) is 99.3 Å². The van der Waals surface area contributed by atoms with Crippen molar-refractivity contribution < 1.29 is 14.6 Å². The van der Waals surface area contributed by atoms with Gasteiger partial charge in [-0.25, -0.2) is 0 Å². The lowest BCUT2D eigenvalue weighted by atomic mass is 10.1. The smallest absolute Gasteiger partial charge is 0.224 e. The SMILES string of the molecule is CCCC(=O)Nc1ccc(OCC(O)CNC(C)C)c(-c2cc[nH]n2)c1. The Balaban J connectivity index is 2.11. The maximum absolute atomic E-state index is 11.8. The first-order chi connectivity index (χ1) is 12.5. The summed E-state index contributed by atoms with van der Waals surface area (Å²) < 4.78 is 5.81. The number of hydrogen-bond donors (Lipinski definition) is 4. The molecule has 1 amide bonds. The number of benzene rings is 1. The van der Waals surface area contributed by atoms with E-state index in [1.807, 2.05) is 32.9 Å². The average molecular weight is 360 g/mol. The van der Waals surface area contributed by atoms with Gasteiger partial charge in [-0.3, -0.25) is 9.89 Å². The normalized spacial score (nSPS) is 12.2. The van der Waals surface area contributed by atoms with Gasteiger partial charge in [0.05, 0.1) is 5.69 Å². The number of H-pyrrole nitrogens is 1. The third-order valence-electron chi connectivity index (χ3n) is 3.71. The number of carbonyl (C=O) groups is 1. The molecule has 142 valence electrons. The van der Waals surface area contributed by atoms with Crippen LogP contribution >= 0.6 is 0 Å². The Morgan fingerprint density at radius 2 is 2.15 bits per heavy atom. The van der Waals surface area contributed by atoms with Gasteiger partial charge in [-0.15, -0.1) is 0 Å². The zero-order valence-corrected chi connectivity index (χ0v) is 15.6. The van der Waals surface area contributed by atoms with E-state index in [0.29, 0.717) is 36.1 Å². The Morgan fingerprint density at radius 1 is 1.35 bits per heavy atom. The molecule has 7 nitrogen and oxygen atoms in total. The summed E-state index contributed by atoms with van der Waals surface area (Å²) in [5, 5.41) is 23.1. The van der Waals surface area contributed by atoms with Crippen LogP contribution in [0.4, 0.5) is 5.69 Å². The molecule has 0 saturated carbocycles. The van der Waals surface area contributed by atoms with Crippen LogP contribution in [0.5, 0.6) is 5.75 Å². The van der Waals surface area contributed by atoms with Crippen molar-refractivity contribution in [3.05, 3.63) is 30.5 Å². The van der Waals surface area contributed by atoms with Crippen molar-refractivity contribution in [1.29, 1.82) is 0 Å². The van der Waals surface area contributed by atoms with E-state index in [1.165, 1.54) is 0 Å². The predicted octanol–water partition coefficient (Wildman–Crippen LogP) is 2.55. The molecule has 2 rings (SSSR count). The van der Waals surface area contributed by atoms with Gasteiger partial charge in [-0.2, -0.15) is 5.10 Å². The molecule has 1 aromatic heterocycles. The monoisotopic (exact) mass is 360 g/mol. The Morgan fingerprint density at radius 3 is 2.81 bits per heavy atom. The zero-order valence-electron chi connectivity index (χ0n) is 15.6. The van der Waals surface area contributed by atoms with Gasteiger partial charge in [0, 0.05) is 36.5 Å². The van der Waals surface area contributed by atoms with Crippen molar-refractivity contribution >= 4 is 11.6 Å². The lowest BCUT2D eigenvalue weighted by Crippen LogP contribution is -2.35. The summed E-state index contributed by atoms with van der Waals surface area (Å²) in [6.07, 6.45) is 2.38. The summed E-state index contributed by atoms with van der Waals surface area (Å²) in [7, 11) is 0. The molecule has 0 spiro atoms. The first-order valence-corrected chi connectivity index (χ1v) is 8.98. The average Bonchev–Trinajstić information content (AvgIpc) is 3.13. The molecule has 0 aliphatic rings. The number of ether oxygens (including phenoxy) is 1. The second-order valence-electron chi connectivity index (χ2n) is 6.50. The third kappa shape index (κ3) is 6.16. The summed E-state index contributed by atoms with van der Waals surface area (Å²) in [5.74, 6) is 0.582. The molecule has 0 radical (unpaired) electrons. The van der Waals surface area contributed by atoms with E-state index in [0.717, 1.165) is 12.0 Å². The van der Waals surface area contributed by atoms with E-state index in [-0.39, 0.29) is 12.5 Å². The quantitative estimate of drug-likeness (QED) is 0.522. The number of anilines is 1. The van der Waals surface area contributed by atoms with Crippen molar-refractivity contribution in [3.63, 3.8) is 0 Å². The fourth-order valence-electron chi connectivity index (χ4n) is 2.41. The van der Waals surface area contributed by atoms with E-state index in [2.05, 4.69) is 20.8 Å². The number of aromatic nitrogens is 2. The molecule has 1 aromatic carbocycles. The van der Waals surface area contributed by atoms with Crippen molar-refractivity contribution in [2.75, 3.05) is 18.5 Å². The molecule has 0 fully saturated rings. The van der Waals surface area contributed by atoms with Gasteiger partial charge in [-0.1, -0.05) is 20.8 Å². The number of nitrogens with one attached hydrogen (secondary N) is 3. The van der Waals surface area contributed by atoms with Gasteiger partial charge in [-0.05, 0) is 30.7 Å². The number of aliphatic hydroxyl groups is 1. The van der Waals surface area contributed by atoms with Crippen molar-refractivity contribution in [1.82, 2.24) is 15.5 Å². The van der Waals surface area contributed by atoms with Gasteiger partial charge < -0.3 is 20.5 Å². The molecule has 0 bridgehead atoms. The molecule has 4 N–H and O–H groups in total. The second-order valence-corrected chi connectivity index (χ2v) is 6.50. The fraction of sp³-hybridized carbons (Fsp3) is 0.474. The van der Waals surface area contributed by atoms with Gasteiger partial charge in [0.2, 0.25) is 5.91 Å². The standard InChI is InChI=1S/C19H28N4O3/c1-4-5-19(25)22-14-6-7-18(16(10-14)17-8-9-21-23-17)26-12-15(24)11-20-13(2)3/h6-10,13,15,20,24H,4-5,11-12H2,1-3H3,(H,21,23)(H,22,25). The first-order valence-electron chi connectivity index (χ1n) is 8.98. The maximum atomic E-state index is 11.8. The highest BCUT2D eigenvalue weighted by molar-refractivity contribution is 5.91. The highest BCUT2D eigenvalue weighted by Crippen LogP contribution is 2.31. The lowest BCUT2D eigenvalue weighted by Gasteiger charge is -2.17. The van der Waals surface area contributed by atoms with Crippen LogP contribution in [0.1, 0.15) is 33.6 Å². The predicted molar refractivity (Wildman–Crippen MR) is 102 cm³/mol. The molecule has 0 saturated heterocycles. The molecule has 2 aromatic rings. The number of aromatic amines is 1. The molecule has 0 aliphatic carbocycles. The van der Waals surface area contributed by atoms with E-state index < -0.39 is 6.10 Å². The molecular weight excluding hydrogens is 332 g/mol. The van der Waals surface area contributed by atoms with E-state index in [9.17, 15) is 9.90 Å². The molecular formula is C19H28N4O3. The fourth-order valence-corrected chi connectivity index (χ4v) is 2.41. The zero-order chi connectivity index (χ0) is 18.9. The molecule has 7 heteroatoms. The number of hydrogen-bond acceptors (Lipinski definition) is 5. The summed E-state index contributed by atoms with van der Waals surface area (Å²) >= 11 is 0. The van der Waals surface area contributed by atoms with Crippen molar-refractivity contribution in [2.45, 2.75) is 45.8 Å². The Labute approximate surface area is 154 Å². The summed E-state index contributed by atoms with van der Waals surface area (Å²) in [4.78, 5) is 11.8. The van der Waals surface area contributed by atoms with Crippen LogP contribution in [0.2, 0.25) is 0 Å². The summed E-state index contributed by atoms with van der Waals surface area (Å²) in [5.41, 5.74) is 2.15. The number of amides is 1. The van der Waals surface area contributed by atoms with Crippen LogP contribution in [0, 0.1) is 0 Å². The van der Waals surface area contributed by atoms with Gasteiger partial charge >= 0.3 is 0 Å². The van der Waals surface area contributed by atoms with Crippen LogP contribution in [0.3, 0.4) is 0 Å². The van der Waals surface area contributed by atoms with E-state index in [1.54, 1.807) is 18.3 Å². The maximum Gasteiger partial charge on any atom is 0.224 e. The first kappa shape index (κ1) is 19.9. The molecule has 1 unspecified atom stereocenters. The van der Waals surface area contributed by atoms with Crippen LogP contribution in [-0.4, -0.2) is 46.5 Å². The number of carbonyl (C=O) groups excluding carboxylic acids is 1. The Hall–Kier alpha value is -2.38. The molecule has 26 heavy (non-hydrogen) atoms. The molecule has 1 heterocycles.